The summed E-state index contributed by atoms with van der Waals surface area (Å²) in [7, 11) is 0. The fourth-order valence-corrected chi connectivity index (χ4v) is 2.77. The maximum absolute atomic E-state index is 12.0. The van der Waals surface area contributed by atoms with Crippen LogP contribution in [0.1, 0.15) is 37.9 Å². The number of nitrogens with one attached hydrogen (secondary N) is 1. The average molecular weight is 404 g/mol. The minimum absolute atomic E-state index is 0.176. The maximum Gasteiger partial charge on any atom is 0.344 e. The van der Waals surface area contributed by atoms with E-state index in [-0.39, 0.29) is 25.2 Å². The van der Waals surface area contributed by atoms with Gasteiger partial charge in [-0.15, -0.1) is 0 Å². The molecule has 0 aromatic heterocycles. The van der Waals surface area contributed by atoms with Crippen molar-refractivity contribution >= 4 is 23.5 Å². The number of halogens is 1. The Kier molecular flexibility index (Phi) is 8.33. The lowest BCUT2D eigenvalue weighted by Crippen LogP contribution is -2.31. The van der Waals surface area contributed by atoms with Crippen LogP contribution in [0.15, 0.2) is 48.5 Å². The van der Waals surface area contributed by atoms with Crippen LogP contribution in [0.5, 0.6) is 5.75 Å². The molecule has 0 aliphatic heterocycles. The third kappa shape index (κ3) is 7.61. The number of hydrogen-bond donors (Lipinski definition) is 1. The van der Waals surface area contributed by atoms with Gasteiger partial charge in [0.15, 0.2) is 13.2 Å². The zero-order valence-electron chi connectivity index (χ0n) is 16.4. The molecule has 2 rings (SSSR count). The van der Waals surface area contributed by atoms with Crippen LogP contribution >= 0.6 is 11.6 Å². The highest BCUT2D eigenvalue weighted by molar-refractivity contribution is 6.30. The second kappa shape index (κ2) is 10.7. The summed E-state index contributed by atoms with van der Waals surface area (Å²) in [5.74, 6) is 0.121. The van der Waals surface area contributed by atoms with E-state index in [2.05, 4.69) is 31.3 Å². The molecule has 0 aliphatic rings. The van der Waals surface area contributed by atoms with Gasteiger partial charge in [0.05, 0.1) is 6.04 Å². The van der Waals surface area contributed by atoms with Crippen molar-refractivity contribution in [3.63, 3.8) is 0 Å². The number of benzene rings is 2. The average Bonchev–Trinajstić information content (AvgIpc) is 2.66. The predicted molar refractivity (Wildman–Crippen MR) is 109 cm³/mol. The summed E-state index contributed by atoms with van der Waals surface area (Å²) in [4.78, 5) is 23.7. The molecular formula is C22H26ClNO4. The Morgan fingerprint density at radius 3 is 2.21 bits per heavy atom. The first-order valence-corrected chi connectivity index (χ1v) is 9.63. The summed E-state index contributed by atoms with van der Waals surface area (Å²) in [6.07, 6.45) is 1.02. The topological polar surface area (TPSA) is 64.6 Å². The Morgan fingerprint density at radius 1 is 0.964 bits per heavy atom. The molecule has 0 unspecified atom stereocenters. The second-order valence-corrected chi connectivity index (χ2v) is 7.47. The first kappa shape index (κ1) is 21.8. The van der Waals surface area contributed by atoms with E-state index in [1.54, 1.807) is 24.3 Å². The third-order valence-corrected chi connectivity index (χ3v) is 4.29. The van der Waals surface area contributed by atoms with Gasteiger partial charge in [0, 0.05) is 5.02 Å². The fourth-order valence-electron chi connectivity index (χ4n) is 2.64. The molecule has 6 heteroatoms. The standard InChI is InChI=1S/C22H26ClNO4/c1-15(2)12-17-4-6-18(7-5-17)16(3)24-21(25)13-28-22(26)14-27-20-10-8-19(23)9-11-20/h4-11,15-16H,12-14H2,1-3H3,(H,24,25)/t16-/m1/s1. The third-order valence-electron chi connectivity index (χ3n) is 4.04. The quantitative estimate of drug-likeness (QED) is 0.632. The van der Waals surface area contributed by atoms with Crippen molar-refractivity contribution in [3.8, 4) is 5.75 Å². The van der Waals surface area contributed by atoms with Gasteiger partial charge in [0.25, 0.3) is 5.91 Å². The molecule has 0 saturated heterocycles. The largest absolute Gasteiger partial charge is 0.482 e. The molecule has 0 fully saturated rings. The van der Waals surface area contributed by atoms with Gasteiger partial charge < -0.3 is 14.8 Å². The Labute approximate surface area is 171 Å². The molecule has 0 bridgehead atoms. The number of rotatable bonds is 9. The highest BCUT2D eigenvalue weighted by Gasteiger charge is 2.12. The predicted octanol–water partition coefficient (Wildman–Crippen LogP) is 4.34. The lowest BCUT2D eigenvalue weighted by molar-refractivity contribution is -0.150. The van der Waals surface area contributed by atoms with Gasteiger partial charge in [0.2, 0.25) is 0 Å². The highest BCUT2D eigenvalue weighted by Crippen LogP contribution is 2.16. The molecule has 0 radical (unpaired) electrons. The lowest BCUT2D eigenvalue weighted by atomic mass is 10.00. The minimum atomic E-state index is -0.615. The molecule has 2 aromatic rings. The normalized spacial score (nSPS) is 11.8. The summed E-state index contributed by atoms with van der Waals surface area (Å²) in [6.45, 7) is 5.62. The molecular weight excluding hydrogens is 378 g/mol. The van der Waals surface area contributed by atoms with E-state index >= 15 is 0 Å². The molecule has 2 aromatic carbocycles. The molecule has 1 amide bonds. The van der Waals surface area contributed by atoms with Crippen molar-refractivity contribution in [2.75, 3.05) is 13.2 Å². The Hall–Kier alpha value is -2.53. The Morgan fingerprint density at radius 2 is 1.61 bits per heavy atom. The monoisotopic (exact) mass is 403 g/mol. The number of carbonyl (C=O) groups excluding carboxylic acids is 2. The van der Waals surface area contributed by atoms with Gasteiger partial charge in [-0.25, -0.2) is 4.79 Å². The van der Waals surface area contributed by atoms with Gasteiger partial charge in [-0.3, -0.25) is 4.79 Å². The van der Waals surface area contributed by atoms with Crippen LogP contribution in [-0.4, -0.2) is 25.1 Å². The summed E-state index contributed by atoms with van der Waals surface area (Å²) in [5, 5.41) is 3.40. The van der Waals surface area contributed by atoms with Crippen molar-refractivity contribution in [2.24, 2.45) is 5.92 Å². The van der Waals surface area contributed by atoms with Crippen LogP contribution in [0.3, 0.4) is 0 Å². The van der Waals surface area contributed by atoms with Crippen molar-refractivity contribution in [2.45, 2.75) is 33.2 Å². The first-order chi connectivity index (χ1) is 13.3. The molecule has 1 atom stereocenters. The smallest absolute Gasteiger partial charge is 0.344 e. The lowest BCUT2D eigenvalue weighted by Gasteiger charge is -2.15. The summed E-state index contributed by atoms with van der Waals surface area (Å²) in [6, 6.07) is 14.6. The van der Waals surface area contributed by atoms with Crippen LogP contribution < -0.4 is 10.1 Å². The maximum atomic E-state index is 12.0. The van der Waals surface area contributed by atoms with E-state index in [0.717, 1.165) is 12.0 Å². The van der Waals surface area contributed by atoms with E-state index in [9.17, 15) is 9.59 Å². The van der Waals surface area contributed by atoms with E-state index in [0.29, 0.717) is 16.7 Å². The minimum Gasteiger partial charge on any atom is -0.482 e. The molecule has 0 aliphatic carbocycles. The summed E-state index contributed by atoms with van der Waals surface area (Å²) >= 11 is 5.78. The van der Waals surface area contributed by atoms with Crippen molar-refractivity contribution in [1.82, 2.24) is 5.32 Å². The number of ether oxygens (including phenoxy) is 2. The zero-order chi connectivity index (χ0) is 20.5. The van der Waals surface area contributed by atoms with Crippen molar-refractivity contribution in [1.29, 1.82) is 0 Å². The Balaban J connectivity index is 1.72. The van der Waals surface area contributed by atoms with E-state index in [1.807, 2.05) is 19.1 Å². The van der Waals surface area contributed by atoms with Crippen molar-refractivity contribution < 1.29 is 19.1 Å². The fraction of sp³-hybridized carbons (Fsp3) is 0.364. The highest BCUT2D eigenvalue weighted by atomic mass is 35.5. The van der Waals surface area contributed by atoms with E-state index in [4.69, 9.17) is 21.1 Å². The molecule has 28 heavy (non-hydrogen) atoms. The van der Waals surface area contributed by atoms with Gasteiger partial charge in [-0.05, 0) is 54.7 Å². The first-order valence-electron chi connectivity index (χ1n) is 9.25. The molecule has 1 N–H and O–H groups in total. The van der Waals surface area contributed by atoms with Crippen LogP contribution in [0.25, 0.3) is 0 Å². The molecule has 0 heterocycles. The van der Waals surface area contributed by atoms with E-state index < -0.39 is 5.97 Å². The molecule has 150 valence electrons. The SMILES string of the molecule is CC(C)Cc1ccc([C@@H](C)NC(=O)COC(=O)COc2ccc(Cl)cc2)cc1. The molecule has 0 spiro atoms. The van der Waals surface area contributed by atoms with Gasteiger partial charge >= 0.3 is 5.97 Å². The molecule has 0 saturated carbocycles. The van der Waals surface area contributed by atoms with Crippen LogP contribution in [0.4, 0.5) is 0 Å². The number of esters is 1. The van der Waals surface area contributed by atoms with E-state index in [1.165, 1.54) is 5.56 Å². The van der Waals surface area contributed by atoms with Gasteiger partial charge in [-0.2, -0.15) is 0 Å². The zero-order valence-corrected chi connectivity index (χ0v) is 17.2. The summed E-state index contributed by atoms with van der Waals surface area (Å²) < 4.78 is 10.2. The molecule has 5 nitrogen and oxygen atoms in total. The van der Waals surface area contributed by atoms with Crippen molar-refractivity contribution in [3.05, 3.63) is 64.7 Å². The summed E-state index contributed by atoms with van der Waals surface area (Å²) in [5.41, 5.74) is 2.27. The number of hydrogen-bond acceptors (Lipinski definition) is 4. The van der Waals surface area contributed by atoms with Crippen LogP contribution in [0, 0.1) is 5.92 Å². The van der Waals surface area contributed by atoms with Crippen LogP contribution in [0.2, 0.25) is 5.02 Å². The van der Waals surface area contributed by atoms with Crippen LogP contribution in [-0.2, 0) is 20.7 Å². The number of carbonyl (C=O) groups is 2. The number of amides is 1. The Bertz CT molecular complexity index is 772. The van der Waals surface area contributed by atoms with Gasteiger partial charge in [-0.1, -0.05) is 49.7 Å². The van der Waals surface area contributed by atoms with Gasteiger partial charge in [0.1, 0.15) is 5.75 Å². The second-order valence-electron chi connectivity index (χ2n) is 7.03.